The van der Waals surface area contributed by atoms with Crippen LogP contribution in [0, 0.1) is 5.41 Å². The standard InChI is InChI=1S/C11H11F6N3/c1-20(5-10(12,13)14)6-2-3-7(9(18)19)8(4-6)11(15,16)17/h2-4H,5H2,1H3,(H3,18,19). The van der Waals surface area contributed by atoms with E-state index in [0.29, 0.717) is 11.0 Å². The molecule has 0 aliphatic heterocycles. The Hall–Kier alpha value is -1.93. The van der Waals surface area contributed by atoms with Crippen LogP contribution in [-0.4, -0.2) is 25.6 Å². The van der Waals surface area contributed by atoms with Gasteiger partial charge in [-0.1, -0.05) is 0 Å². The van der Waals surface area contributed by atoms with Crippen LogP contribution in [0.15, 0.2) is 18.2 Å². The maximum atomic E-state index is 12.8. The van der Waals surface area contributed by atoms with Gasteiger partial charge in [0.25, 0.3) is 0 Å². The van der Waals surface area contributed by atoms with Gasteiger partial charge >= 0.3 is 12.4 Å². The van der Waals surface area contributed by atoms with Crippen LogP contribution in [0.3, 0.4) is 0 Å². The van der Waals surface area contributed by atoms with Gasteiger partial charge < -0.3 is 10.6 Å². The molecule has 1 rings (SSSR count). The molecule has 0 aliphatic carbocycles. The van der Waals surface area contributed by atoms with E-state index >= 15 is 0 Å². The lowest BCUT2D eigenvalue weighted by atomic mass is 10.0. The molecule has 0 bridgehead atoms. The number of halogens is 6. The maximum Gasteiger partial charge on any atom is 0.417 e. The molecule has 0 fully saturated rings. The first kappa shape index (κ1) is 16.1. The molecule has 0 aromatic heterocycles. The molecule has 3 N–H and O–H groups in total. The minimum Gasteiger partial charge on any atom is -0.384 e. The summed E-state index contributed by atoms with van der Waals surface area (Å²) < 4.78 is 75.0. The lowest BCUT2D eigenvalue weighted by Crippen LogP contribution is -2.31. The molecule has 9 heteroatoms. The van der Waals surface area contributed by atoms with Gasteiger partial charge in [0.2, 0.25) is 0 Å². The fourth-order valence-corrected chi connectivity index (χ4v) is 1.60. The molecule has 3 nitrogen and oxygen atoms in total. The lowest BCUT2D eigenvalue weighted by molar-refractivity contribution is -0.137. The van der Waals surface area contributed by atoms with Gasteiger partial charge in [0.1, 0.15) is 12.4 Å². The molecule has 112 valence electrons. The quantitative estimate of drug-likeness (QED) is 0.512. The SMILES string of the molecule is CN(CC(F)(F)F)c1ccc(C(=N)N)c(C(F)(F)F)c1. The number of nitrogens with one attached hydrogen (secondary N) is 1. The van der Waals surface area contributed by atoms with Crippen LogP contribution >= 0.6 is 0 Å². The topological polar surface area (TPSA) is 53.1 Å². The fourth-order valence-electron chi connectivity index (χ4n) is 1.60. The number of alkyl halides is 6. The van der Waals surface area contributed by atoms with Gasteiger partial charge in [0, 0.05) is 18.3 Å². The second-order valence-electron chi connectivity index (χ2n) is 4.11. The van der Waals surface area contributed by atoms with E-state index < -0.39 is 35.9 Å². The number of amidine groups is 1. The summed E-state index contributed by atoms with van der Waals surface area (Å²) in [6.45, 7) is -1.39. The van der Waals surface area contributed by atoms with Gasteiger partial charge in [-0.3, -0.25) is 5.41 Å². The van der Waals surface area contributed by atoms with Crippen LogP contribution in [0.2, 0.25) is 0 Å². The zero-order valence-electron chi connectivity index (χ0n) is 10.2. The van der Waals surface area contributed by atoms with E-state index in [9.17, 15) is 26.3 Å². The maximum absolute atomic E-state index is 12.8. The van der Waals surface area contributed by atoms with Crippen molar-refractivity contribution in [2.45, 2.75) is 12.4 Å². The molecule has 0 heterocycles. The highest BCUT2D eigenvalue weighted by atomic mass is 19.4. The Kier molecular flexibility index (Phi) is 4.21. The molecule has 0 aliphatic rings. The Labute approximate surface area is 110 Å². The third-order valence-corrected chi connectivity index (χ3v) is 2.46. The van der Waals surface area contributed by atoms with Crippen molar-refractivity contribution >= 4 is 11.5 Å². The van der Waals surface area contributed by atoms with Gasteiger partial charge in [-0.05, 0) is 18.2 Å². The number of nitrogens with two attached hydrogens (primary N) is 1. The van der Waals surface area contributed by atoms with E-state index in [1.165, 1.54) is 0 Å². The lowest BCUT2D eigenvalue weighted by Gasteiger charge is -2.23. The summed E-state index contributed by atoms with van der Waals surface area (Å²) in [5.41, 5.74) is 2.96. The first-order chi connectivity index (χ1) is 8.92. The number of anilines is 1. The normalized spacial score (nSPS) is 12.3. The summed E-state index contributed by atoms with van der Waals surface area (Å²) in [6.07, 6.45) is -9.34. The molecule has 0 atom stereocenters. The largest absolute Gasteiger partial charge is 0.417 e. The highest BCUT2D eigenvalue weighted by Gasteiger charge is 2.35. The van der Waals surface area contributed by atoms with Gasteiger partial charge in [-0.2, -0.15) is 26.3 Å². The van der Waals surface area contributed by atoms with Crippen molar-refractivity contribution in [1.82, 2.24) is 0 Å². The summed E-state index contributed by atoms with van der Waals surface area (Å²) in [6, 6.07) is 2.48. The molecule has 0 saturated carbocycles. The number of nitrogen functional groups attached to an aromatic ring is 1. The van der Waals surface area contributed by atoms with Crippen LogP contribution in [0.1, 0.15) is 11.1 Å². The smallest absolute Gasteiger partial charge is 0.384 e. The molecule has 20 heavy (non-hydrogen) atoms. The van der Waals surface area contributed by atoms with Crippen molar-refractivity contribution in [2.24, 2.45) is 5.73 Å². The van der Waals surface area contributed by atoms with E-state index in [1.54, 1.807) is 0 Å². The molecule has 0 spiro atoms. The first-order valence-corrected chi connectivity index (χ1v) is 5.25. The summed E-state index contributed by atoms with van der Waals surface area (Å²) in [7, 11) is 1.02. The summed E-state index contributed by atoms with van der Waals surface area (Å²) in [5, 5.41) is 7.06. The monoisotopic (exact) mass is 299 g/mol. The Balaban J connectivity index is 3.23. The minimum absolute atomic E-state index is 0.264. The fraction of sp³-hybridized carbons (Fsp3) is 0.364. The molecule has 0 saturated heterocycles. The van der Waals surface area contributed by atoms with Gasteiger partial charge in [-0.25, -0.2) is 0 Å². The zero-order chi connectivity index (χ0) is 15.7. The molecule has 0 unspecified atom stereocenters. The predicted octanol–water partition coefficient (Wildman–Crippen LogP) is 2.99. The molecular formula is C11H11F6N3. The van der Waals surface area contributed by atoms with E-state index in [2.05, 4.69) is 0 Å². The van der Waals surface area contributed by atoms with Crippen LogP contribution < -0.4 is 10.6 Å². The van der Waals surface area contributed by atoms with E-state index in [4.69, 9.17) is 11.1 Å². The summed E-state index contributed by atoms with van der Waals surface area (Å²) in [5.74, 6) is -0.803. The average Bonchev–Trinajstić information content (AvgIpc) is 2.24. The van der Waals surface area contributed by atoms with E-state index in [-0.39, 0.29) is 5.69 Å². The van der Waals surface area contributed by atoms with Crippen molar-refractivity contribution in [3.8, 4) is 0 Å². The molecule has 1 aromatic rings. The minimum atomic E-state index is -4.81. The summed E-state index contributed by atoms with van der Waals surface area (Å²) >= 11 is 0. The van der Waals surface area contributed by atoms with Crippen molar-refractivity contribution in [1.29, 1.82) is 5.41 Å². The van der Waals surface area contributed by atoms with Crippen LogP contribution in [0.4, 0.5) is 32.0 Å². The van der Waals surface area contributed by atoms with Gasteiger partial charge in [0.15, 0.2) is 0 Å². The third kappa shape index (κ3) is 4.04. The molecule has 0 amide bonds. The second kappa shape index (κ2) is 5.22. The number of hydrogen-bond donors (Lipinski definition) is 2. The van der Waals surface area contributed by atoms with Crippen molar-refractivity contribution in [3.63, 3.8) is 0 Å². The molecule has 0 radical (unpaired) electrons. The van der Waals surface area contributed by atoms with Crippen LogP contribution in [0.25, 0.3) is 0 Å². The molecular weight excluding hydrogens is 288 g/mol. The zero-order valence-corrected chi connectivity index (χ0v) is 10.2. The average molecular weight is 299 g/mol. The number of hydrogen-bond acceptors (Lipinski definition) is 2. The Morgan fingerprint density at radius 3 is 2.15 bits per heavy atom. The summed E-state index contributed by atoms with van der Waals surface area (Å²) in [4.78, 5) is 0.638. The molecule has 1 aromatic carbocycles. The number of benzene rings is 1. The van der Waals surface area contributed by atoms with Crippen molar-refractivity contribution in [2.75, 3.05) is 18.5 Å². The number of nitrogens with zero attached hydrogens (tertiary/aromatic N) is 1. The van der Waals surface area contributed by atoms with Gasteiger partial charge in [0.05, 0.1) is 5.56 Å². The highest BCUT2D eigenvalue weighted by molar-refractivity contribution is 5.97. The first-order valence-electron chi connectivity index (χ1n) is 5.25. The van der Waals surface area contributed by atoms with E-state index in [1.807, 2.05) is 0 Å². The Morgan fingerprint density at radius 2 is 1.75 bits per heavy atom. The van der Waals surface area contributed by atoms with E-state index in [0.717, 1.165) is 19.2 Å². The Morgan fingerprint density at radius 1 is 1.20 bits per heavy atom. The Bertz CT molecular complexity index is 506. The predicted molar refractivity (Wildman–Crippen MR) is 61.8 cm³/mol. The number of rotatable bonds is 3. The third-order valence-electron chi connectivity index (χ3n) is 2.46. The van der Waals surface area contributed by atoms with Crippen molar-refractivity contribution in [3.05, 3.63) is 29.3 Å². The van der Waals surface area contributed by atoms with Crippen LogP contribution in [-0.2, 0) is 6.18 Å². The van der Waals surface area contributed by atoms with Crippen molar-refractivity contribution < 1.29 is 26.3 Å². The van der Waals surface area contributed by atoms with Gasteiger partial charge in [-0.15, -0.1) is 0 Å². The highest BCUT2D eigenvalue weighted by Crippen LogP contribution is 2.34. The van der Waals surface area contributed by atoms with Crippen LogP contribution in [0.5, 0.6) is 0 Å². The second-order valence-corrected chi connectivity index (χ2v) is 4.11.